The molecule has 2 rings (SSSR count). The monoisotopic (exact) mass is 222 g/mol. The van der Waals surface area contributed by atoms with Gasteiger partial charge in [0.05, 0.1) is 0 Å². The first-order chi connectivity index (χ1) is 7.92. The lowest BCUT2D eigenvalue weighted by atomic mass is 9.30. The van der Waals surface area contributed by atoms with Gasteiger partial charge in [-0.05, 0) is 6.42 Å². The fraction of sp³-hybridized carbons (Fsp3) is 1.00. The molecule has 2 bridgehead atoms. The molecule has 0 aromatic carbocycles. The molecule has 0 radical (unpaired) electrons. The van der Waals surface area contributed by atoms with Gasteiger partial charge in [-0.3, -0.25) is 0 Å². The van der Waals surface area contributed by atoms with Crippen molar-refractivity contribution in [2.45, 2.75) is 82.2 Å². The highest BCUT2D eigenvalue weighted by atomic mass is 16.2. The van der Waals surface area contributed by atoms with Crippen molar-refractivity contribution in [1.82, 2.24) is 0 Å². The van der Waals surface area contributed by atoms with Gasteiger partial charge >= 0.3 is 0 Å². The maximum Gasteiger partial charge on any atom is 0.146 e. The Morgan fingerprint density at radius 1 is 0.812 bits per heavy atom. The van der Waals surface area contributed by atoms with Gasteiger partial charge in [-0.25, -0.2) is 0 Å². The van der Waals surface area contributed by atoms with Crippen LogP contribution in [0.3, 0.4) is 0 Å². The number of fused-ring (bicyclic) bond motifs is 2. The summed E-state index contributed by atoms with van der Waals surface area (Å²) in [6.07, 6.45) is 15.6. The molecule has 0 aliphatic carbocycles. The van der Waals surface area contributed by atoms with Crippen molar-refractivity contribution in [1.29, 1.82) is 0 Å². The van der Waals surface area contributed by atoms with Crippen molar-refractivity contribution in [3.63, 3.8) is 0 Å². The Labute approximate surface area is 101 Å². The van der Waals surface area contributed by atoms with Crippen LogP contribution in [0.4, 0.5) is 0 Å². The molecule has 2 saturated heterocycles. The number of hydrogen-bond acceptors (Lipinski definition) is 1. The molecule has 2 aliphatic rings. The zero-order chi connectivity index (χ0) is 11.2. The first-order valence-corrected chi connectivity index (χ1v) is 7.52. The Balaban J connectivity index is 2.00. The third kappa shape index (κ3) is 3.26. The smallest absolute Gasteiger partial charge is 0.146 e. The summed E-state index contributed by atoms with van der Waals surface area (Å²) in [6, 6.07) is 0. The van der Waals surface area contributed by atoms with Crippen LogP contribution in [0.25, 0.3) is 0 Å². The van der Waals surface area contributed by atoms with Crippen LogP contribution in [0, 0.1) is 0 Å². The van der Waals surface area contributed by atoms with Crippen molar-refractivity contribution < 1.29 is 5.11 Å². The summed E-state index contributed by atoms with van der Waals surface area (Å²) in [6.45, 7) is 1.35. The minimum absolute atomic E-state index is 0.399. The first kappa shape index (κ1) is 12.5. The van der Waals surface area contributed by atoms with E-state index in [0.29, 0.717) is 6.61 Å². The molecule has 0 saturated carbocycles. The van der Waals surface area contributed by atoms with Gasteiger partial charge in [-0.15, -0.1) is 0 Å². The van der Waals surface area contributed by atoms with Crippen LogP contribution >= 0.6 is 0 Å². The van der Waals surface area contributed by atoms with E-state index in [1.807, 2.05) is 0 Å². The highest BCUT2D eigenvalue weighted by Crippen LogP contribution is 2.43. The summed E-state index contributed by atoms with van der Waals surface area (Å²) in [5, 5.41) is 9.06. The van der Waals surface area contributed by atoms with Gasteiger partial charge in [0.1, 0.15) is 6.71 Å². The van der Waals surface area contributed by atoms with E-state index >= 15 is 0 Å². The summed E-state index contributed by atoms with van der Waals surface area (Å²) in [5.41, 5.74) is 0. The second-order valence-electron chi connectivity index (χ2n) is 5.97. The van der Waals surface area contributed by atoms with Gasteiger partial charge in [0.25, 0.3) is 0 Å². The largest absolute Gasteiger partial charge is 0.396 e. The Kier molecular flexibility index (Phi) is 5.22. The van der Waals surface area contributed by atoms with Crippen molar-refractivity contribution in [2.24, 2.45) is 0 Å². The van der Waals surface area contributed by atoms with Crippen molar-refractivity contribution in [3.8, 4) is 0 Å². The topological polar surface area (TPSA) is 20.2 Å². The lowest BCUT2D eigenvalue weighted by molar-refractivity contribution is 0.294. The van der Waals surface area contributed by atoms with Gasteiger partial charge in [0.2, 0.25) is 0 Å². The Hall–Kier alpha value is 0.0249. The van der Waals surface area contributed by atoms with Crippen LogP contribution in [0.1, 0.15) is 64.2 Å². The van der Waals surface area contributed by atoms with E-state index in [1.54, 1.807) is 0 Å². The molecule has 2 heteroatoms. The minimum Gasteiger partial charge on any atom is -0.396 e. The summed E-state index contributed by atoms with van der Waals surface area (Å²) >= 11 is 0. The molecule has 2 fully saturated rings. The van der Waals surface area contributed by atoms with Gasteiger partial charge < -0.3 is 5.11 Å². The average molecular weight is 222 g/mol. The Morgan fingerprint density at radius 3 is 1.81 bits per heavy atom. The van der Waals surface area contributed by atoms with E-state index in [0.717, 1.165) is 24.8 Å². The molecule has 92 valence electrons. The third-order valence-corrected chi connectivity index (χ3v) is 4.96. The zero-order valence-corrected chi connectivity index (χ0v) is 10.7. The molecule has 2 aliphatic heterocycles. The van der Waals surface area contributed by atoms with E-state index in [-0.39, 0.29) is 0 Å². The van der Waals surface area contributed by atoms with Crippen LogP contribution in [0.15, 0.2) is 0 Å². The lowest BCUT2D eigenvalue weighted by Gasteiger charge is -2.31. The molecule has 1 nitrogen and oxygen atoms in total. The molecule has 2 atom stereocenters. The second-order valence-corrected chi connectivity index (χ2v) is 5.97. The van der Waals surface area contributed by atoms with Crippen LogP contribution in [-0.2, 0) is 0 Å². The Morgan fingerprint density at radius 2 is 1.31 bits per heavy atom. The summed E-state index contributed by atoms with van der Waals surface area (Å²) in [7, 11) is 0. The van der Waals surface area contributed by atoms with Gasteiger partial charge in [0.15, 0.2) is 0 Å². The molecule has 0 spiro atoms. The molecule has 1 N–H and O–H groups in total. The molecule has 0 aromatic rings. The number of rotatable bonds is 3. The quantitative estimate of drug-likeness (QED) is 0.711. The van der Waals surface area contributed by atoms with Gasteiger partial charge in [-0.2, -0.15) is 0 Å². The molecular weight excluding hydrogens is 195 g/mol. The van der Waals surface area contributed by atoms with Gasteiger partial charge in [0, 0.05) is 6.61 Å². The first-order valence-electron chi connectivity index (χ1n) is 7.52. The third-order valence-electron chi connectivity index (χ3n) is 4.96. The normalized spacial score (nSPS) is 31.7. The highest BCUT2D eigenvalue weighted by Gasteiger charge is 2.34. The van der Waals surface area contributed by atoms with E-state index in [2.05, 4.69) is 0 Å². The van der Waals surface area contributed by atoms with Crippen molar-refractivity contribution >= 4 is 6.71 Å². The summed E-state index contributed by atoms with van der Waals surface area (Å²) < 4.78 is 0. The maximum absolute atomic E-state index is 9.06. The van der Waals surface area contributed by atoms with E-state index < -0.39 is 0 Å². The maximum atomic E-state index is 9.06. The average Bonchev–Trinajstić information content (AvgIpc) is 2.49. The van der Waals surface area contributed by atoms with Crippen molar-refractivity contribution in [3.05, 3.63) is 0 Å². The fourth-order valence-corrected chi connectivity index (χ4v) is 4.13. The Bertz CT molecular complexity index is 179. The summed E-state index contributed by atoms with van der Waals surface area (Å²) in [4.78, 5) is 0. The van der Waals surface area contributed by atoms with Gasteiger partial charge in [-0.1, -0.05) is 75.7 Å². The standard InChI is InChI=1S/C14H27BO/c16-12-6-11-15-13-7-2-1-3-8-14(15)10-5-4-9-13/h13-14,16H,1-12H2. The molecule has 0 amide bonds. The van der Waals surface area contributed by atoms with E-state index in [4.69, 9.17) is 5.11 Å². The second kappa shape index (κ2) is 6.69. The van der Waals surface area contributed by atoms with Crippen LogP contribution in [-0.4, -0.2) is 18.4 Å². The molecule has 0 aromatic heterocycles. The minimum atomic E-state index is 0.399. The van der Waals surface area contributed by atoms with E-state index in [1.165, 1.54) is 64.1 Å². The highest BCUT2D eigenvalue weighted by molar-refractivity contribution is 6.62. The number of aliphatic hydroxyl groups is 1. The van der Waals surface area contributed by atoms with Crippen LogP contribution in [0.5, 0.6) is 0 Å². The number of aliphatic hydroxyl groups excluding tert-OH is 1. The molecular formula is C14H27BO. The SMILES string of the molecule is OCCCB1C2CCCCCC1CCCC2. The summed E-state index contributed by atoms with van der Waals surface area (Å²) in [5.74, 6) is 2.00. The predicted molar refractivity (Wildman–Crippen MR) is 71.3 cm³/mol. The van der Waals surface area contributed by atoms with Crippen molar-refractivity contribution in [2.75, 3.05) is 6.61 Å². The zero-order valence-electron chi connectivity index (χ0n) is 10.7. The molecule has 16 heavy (non-hydrogen) atoms. The van der Waals surface area contributed by atoms with E-state index in [9.17, 15) is 0 Å². The molecule has 2 heterocycles. The lowest BCUT2D eigenvalue weighted by Crippen LogP contribution is -2.27. The molecule has 2 unspecified atom stereocenters. The predicted octanol–water partition coefficient (Wildman–Crippen LogP) is 4.14. The fourth-order valence-electron chi connectivity index (χ4n) is 4.13. The van der Waals surface area contributed by atoms with Crippen LogP contribution < -0.4 is 0 Å². The van der Waals surface area contributed by atoms with Crippen LogP contribution in [0.2, 0.25) is 18.0 Å². The number of hydrogen-bond donors (Lipinski definition) is 1.